The monoisotopic (exact) mass is 519 g/mol. The number of halogens is 2. The second kappa shape index (κ2) is 9.31. The van der Waals surface area contributed by atoms with Crippen molar-refractivity contribution in [1.82, 2.24) is 0 Å². The molecule has 31 heavy (non-hydrogen) atoms. The number of methoxy groups -OCH3 is 2. The third-order valence-electron chi connectivity index (χ3n) is 3.72. The fourth-order valence-corrected chi connectivity index (χ4v) is 3.63. The van der Waals surface area contributed by atoms with Crippen LogP contribution in [-0.4, -0.2) is 40.6 Å². The van der Waals surface area contributed by atoms with Gasteiger partial charge >= 0.3 is 16.2 Å². The molecule has 0 radical (unpaired) electrons. The minimum absolute atomic E-state index is 0.203. The molecule has 0 unspecified atom stereocenters. The topological polar surface area (TPSA) is 100 Å². The lowest BCUT2D eigenvalue weighted by Gasteiger charge is -2.22. The van der Waals surface area contributed by atoms with Crippen LogP contribution in [0.15, 0.2) is 28.7 Å². The van der Waals surface area contributed by atoms with E-state index in [-0.39, 0.29) is 11.4 Å². The molecule has 0 saturated heterocycles. The second-order valence-electron chi connectivity index (χ2n) is 7.41. The van der Waals surface area contributed by atoms with Crippen LogP contribution in [0, 0.1) is 5.82 Å². The van der Waals surface area contributed by atoms with Gasteiger partial charge in [0.15, 0.2) is 17.3 Å². The Hall–Kier alpha value is -2.53. The fraction of sp³-hybridized carbons (Fsp3) is 0.350. The smallest absolute Gasteiger partial charge is 0.412 e. The standard InChI is InChI=1S/C20H23BrFNO7S/c1-20(2,3)29-19(24)23-17-16(21)15(27-4)10-12(18(17)28-5)11-7-8-14(13(22)9-11)30-31(6,25)26/h7-10H,1-6H3,(H,23,24). The third kappa shape index (κ3) is 6.47. The first-order valence-corrected chi connectivity index (χ1v) is 11.5. The van der Waals surface area contributed by atoms with Crippen LogP contribution >= 0.6 is 15.9 Å². The van der Waals surface area contributed by atoms with Gasteiger partial charge in [-0.05, 0) is 60.5 Å². The van der Waals surface area contributed by atoms with E-state index < -0.39 is 33.4 Å². The van der Waals surface area contributed by atoms with Gasteiger partial charge in [-0.1, -0.05) is 6.07 Å². The third-order valence-corrected chi connectivity index (χ3v) is 4.99. The maximum atomic E-state index is 14.5. The van der Waals surface area contributed by atoms with Crippen LogP contribution in [-0.2, 0) is 14.9 Å². The van der Waals surface area contributed by atoms with Crippen molar-refractivity contribution in [2.75, 3.05) is 25.8 Å². The maximum Gasteiger partial charge on any atom is 0.412 e. The number of nitrogens with one attached hydrogen (secondary N) is 1. The van der Waals surface area contributed by atoms with E-state index in [9.17, 15) is 17.6 Å². The number of amides is 1. The average Bonchev–Trinajstić information content (AvgIpc) is 2.62. The molecule has 1 N–H and O–H groups in total. The molecule has 0 bridgehead atoms. The molecule has 2 aromatic rings. The van der Waals surface area contributed by atoms with E-state index in [0.29, 0.717) is 21.3 Å². The number of carbonyl (C=O) groups excluding carboxylic acids is 1. The lowest BCUT2D eigenvalue weighted by Crippen LogP contribution is -2.27. The summed E-state index contributed by atoms with van der Waals surface area (Å²) >= 11 is 3.37. The van der Waals surface area contributed by atoms with Crippen LogP contribution in [0.1, 0.15) is 20.8 Å². The summed E-state index contributed by atoms with van der Waals surface area (Å²) in [6.07, 6.45) is 0.0891. The van der Waals surface area contributed by atoms with Crippen LogP contribution < -0.4 is 19.0 Å². The van der Waals surface area contributed by atoms with Crippen molar-refractivity contribution in [1.29, 1.82) is 0 Å². The quantitative estimate of drug-likeness (QED) is 0.538. The Morgan fingerprint density at radius 1 is 1.10 bits per heavy atom. The molecule has 170 valence electrons. The normalized spacial score (nSPS) is 11.6. The van der Waals surface area contributed by atoms with Crippen molar-refractivity contribution in [3.05, 3.63) is 34.6 Å². The zero-order valence-corrected chi connectivity index (χ0v) is 20.2. The predicted molar refractivity (Wildman–Crippen MR) is 118 cm³/mol. The molecular formula is C20H23BrFNO7S. The highest BCUT2D eigenvalue weighted by molar-refractivity contribution is 9.10. The molecule has 0 aromatic heterocycles. The second-order valence-corrected chi connectivity index (χ2v) is 9.78. The first-order chi connectivity index (χ1) is 14.3. The van der Waals surface area contributed by atoms with Gasteiger partial charge in [-0.25, -0.2) is 9.18 Å². The van der Waals surface area contributed by atoms with Crippen molar-refractivity contribution in [2.24, 2.45) is 0 Å². The molecule has 0 spiro atoms. The van der Waals surface area contributed by atoms with E-state index >= 15 is 0 Å². The summed E-state index contributed by atoms with van der Waals surface area (Å²) in [4.78, 5) is 12.3. The predicted octanol–water partition coefficient (Wildman–Crippen LogP) is 4.96. The Labute approximate surface area is 188 Å². The van der Waals surface area contributed by atoms with Gasteiger partial charge in [0.05, 0.1) is 24.9 Å². The molecular weight excluding hydrogens is 497 g/mol. The van der Waals surface area contributed by atoms with Crippen molar-refractivity contribution in [3.63, 3.8) is 0 Å². The van der Waals surface area contributed by atoms with E-state index in [0.717, 1.165) is 12.3 Å². The van der Waals surface area contributed by atoms with Crippen LogP contribution in [0.5, 0.6) is 17.2 Å². The minimum atomic E-state index is -3.89. The Balaban J connectivity index is 2.60. The van der Waals surface area contributed by atoms with Crippen molar-refractivity contribution in [3.8, 4) is 28.4 Å². The molecule has 0 heterocycles. The molecule has 2 aromatic carbocycles. The molecule has 0 aliphatic carbocycles. The average molecular weight is 520 g/mol. The number of benzene rings is 2. The van der Waals surface area contributed by atoms with Gasteiger partial charge in [0.25, 0.3) is 0 Å². The summed E-state index contributed by atoms with van der Waals surface area (Å²) in [5.74, 6) is -0.802. The first-order valence-electron chi connectivity index (χ1n) is 8.89. The Kier molecular flexibility index (Phi) is 7.43. The molecule has 0 aliphatic rings. The van der Waals surface area contributed by atoms with Crippen molar-refractivity contribution < 1.29 is 36.0 Å². The number of anilines is 1. The lowest BCUT2D eigenvalue weighted by atomic mass is 10.0. The van der Waals surface area contributed by atoms with Gasteiger partial charge < -0.3 is 18.4 Å². The largest absolute Gasteiger partial charge is 0.495 e. The Bertz CT molecular complexity index is 1100. The summed E-state index contributed by atoms with van der Waals surface area (Å²) in [6, 6.07) is 5.30. The van der Waals surface area contributed by atoms with E-state index in [1.165, 1.54) is 26.4 Å². The van der Waals surface area contributed by atoms with Crippen molar-refractivity contribution in [2.45, 2.75) is 26.4 Å². The zero-order valence-electron chi connectivity index (χ0n) is 17.8. The highest BCUT2D eigenvalue weighted by Gasteiger charge is 2.24. The minimum Gasteiger partial charge on any atom is -0.495 e. The Morgan fingerprint density at radius 3 is 2.23 bits per heavy atom. The number of hydrogen-bond acceptors (Lipinski definition) is 7. The van der Waals surface area contributed by atoms with Gasteiger partial charge in [-0.15, -0.1) is 0 Å². The van der Waals surface area contributed by atoms with Crippen LogP contribution in [0.4, 0.5) is 14.9 Å². The summed E-state index contributed by atoms with van der Waals surface area (Å²) in [7, 11) is -1.08. The van der Waals surface area contributed by atoms with E-state index in [1.54, 1.807) is 26.8 Å². The van der Waals surface area contributed by atoms with Gasteiger partial charge in [-0.2, -0.15) is 8.42 Å². The van der Waals surface area contributed by atoms with Gasteiger partial charge in [0.1, 0.15) is 17.0 Å². The highest BCUT2D eigenvalue weighted by Crippen LogP contribution is 2.47. The van der Waals surface area contributed by atoms with Crippen LogP contribution in [0.25, 0.3) is 11.1 Å². The SMILES string of the molecule is COc1cc(-c2ccc(OS(C)(=O)=O)c(F)c2)c(OC)c(NC(=O)OC(C)(C)C)c1Br. The summed E-state index contributed by atoms with van der Waals surface area (Å²) in [6.45, 7) is 5.16. The first kappa shape index (κ1) is 24.7. The number of rotatable bonds is 6. The van der Waals surface area contributed by atoms with Gasteiger partial charge in [0.2, 0.25) is 0 Å². The van der Waals surface area contributed by atoms with E-state index in [2.05, 4.69) is 25.4 Å². The number of ether oxygens (including phenoxy) is 3. The molecule has 0 atom stereocenters. The zero-order chi connectivity index (χ0) is 23.6. The molecule has 0 saturated carbocycles. The van der Waals surface area contributed by atoms with Crippen LogP contribution in [0.3, 0.4) is 0 Å². The summed E-state index contributed by atoms with van der Waals surface area (Å²) < 4.78 is 58.2. The summed E-state index contributed by atoms with van der Waals surface area (Å²) in [5.41, 5.74) is 0.180. The lowest BCUT2D eigenvalue weighted by molar-refractivity contribution is 0.0635. The molecule has 8 nitrogen and oxygen atoms in total. The van der Waals surface area contributed by atoms with Gasteiger partial charge in [0, 0.05) is 5.56 Å². The molecule has 0 fully saturated rings. The van der Waals surface area contributed by atoms with Crippen LogP contribution in [0.2, 0.25) is 0 Å². The summed E-state index contributed by atoms with van der Waals surface area (Å²) in [5, 5.41) is 2.62. The molecule has 1 amide bonds. The fourth-order valence-electron chi connectivity index (χ4n) is 2.61. The van der Waals surface area contributed by atoms with E-state index in [4.69, 9.17) is 14.2 Å². The van der Waals surface area contributed by atoms with E-state index in [1.807, 2.05) is 0 Å². The molecule has 11 heteroatoms. The van der Waals surface area contributed by atoms with Crippen molar-refractivity contribution >= 4 is 37.8 Å². The molecule has 0 aliphatic heterocycles. The number of carbonyl (C=O) groups is 1. The number of hydrogen-bond donors (Lipinski definition) is 1. The van der Waals surface area contributed by atoms with Gasteiger partial charge in [-0.3, -0.25) is 5.32 Å². The Morgan fingerprint density at radius 2 is 1.74 bits per heavy atom. The maximum absolute atomic E-state index is 14.5. The molecule has 2 rings (SSSR count). The highest BCUT2D eigenvalue weighted by atomic mass is 79.9.